The van der Waals surface area contributed by atoms with E-state index in [9.17, 15) is 9.59 Å². The van der Waals surface area contributed by atoms with Gasteiger partial charge in [0.1, 0.15) is 5.41 Å². The smallest absolute Gasteiger partial charge is 0.233 e. The van der Waals surface area contributed by atoms with Crippen molar-refractivity contribution in [3.8, 4) is 0 Å². The molecule has 0 bridgehead atoms. The highest BCUT2D eigenvalue weighted by atomic mass is 16.2. The van der Waals surface area contributed by atoms with E-state index in [1.165, 1.54) is 0 Å². The van der Waals surface area contributed by atoms with Gasteiger partial charge in [-0.05, 0) is 23.6 Å². The normalized spacial score (nSPS) is 14.8. The monoisotopic (exact) mass is 296 g/mol. The molecule has 0 heterocycles. The molecule has 2 rings (SSSR count). The topological polar surface area (TPSA) is 86.2 Å². The third-order valence-corrected chi connectivity index (χ3v) is 4.26. The number of nitrogens with two attached hydrogens (primary N) is 2. The number of benzene rings is 2. The van der Waals surface area contributed by atoms with Gasteiger partial charge in [-0.2, -0.15) is 0 Å². The molecule has 2 unspecified atom stereocenters. The summed E-state index contributed by atoms with van der Waals surface area (Å²) in [4.78, 5) is 24.5. The predicted octanol–water partition coefficient (Wildman–Crippen LogP) is 1.89. The Balaban J connectivity index is 2.87. The summed E-state index contributed by atoms with van der Waals surface area (Å²) in [6, 6.07) is 16.5. The molecule has 114 valence electrons. The van der Waals surface area contributed by atoms with Gasteiger partial charge in [0.15, 0.2) is 0 Å². The van der Waals surface area contributed by atoms with Crippen molar-refractivity contribution < 1.29 is 9.59 Å². The summed E-state index contributed by atoms with van der Waals surface area (Å²) in [6.45, 7) is 3.54. The van der Waals surface area contributed by atoms with Gasteiger partial charge in [-0.15, -0.1) is 0 Å². The molecule has 2 aromatic carbocycles. The second-order valence-corrected chi connectivity index (χ2v) is 5.48. The molecule has 0 aliphatic carbocycles. The van der Waals surface area contributed by atoms with Gasteiger partial charge < -0.3 is 11.5 Å². The highest BCUT2D eigenvalue weighted by Crippen LogP contribution is 2.40. The number of rotatable bonds is 5. The molecule has 4 N–H and O–H groups in total. The van der Waals surface area contributed by atoms with Gasteiger partial charge in [0.25, 0.3) is 0 Å². The Morgan fingerprint density at radius 2 is 1.50 bits per heavy atom. The number of aryl methyl sites for hydroxylation is 1. The summed E-state index contributed by atoms with van der Waals surface area (Å²) in [5, 5.41) is 0. The molecular weight excluding hydrogens is 276 g/mol. The number of carbonyl (C=O) groups is 2. The van der Waals surface area contributed by atoms with Gasteiger partial charge >= 0.3 is 0 Å². The van der Waals surface area contributed by atoms with E-state index in [1.807, 2.05) is 49.4 Å². The van der Waals surface area contributed by atoms with Crippen LogP contribution in [-0.2, 0) is 15.0 Å². The minimum absolute atomic E-state index is 0.564. The number of amides is 2. The quantitative estimate of drug-likeness (QED) is 0.882. The van der Waals surface area contributed by atoms with E-state index < -0.39 is 23.1 Å². The van der Waals surface area contributed by atoms with Crippen molar-refractivity contribution in [1.82, 2.24) is 0 Å². The van der Waals surface area contributed by atoms with E-state index in [0.717, 1.165) is 5.56 Å². The lowest BCUT2D eigenvalue weighted by Gasteiger charge is -2.37. The first-order chi connectivity index (χ1) is 10.4. The summed E-state index contributed by atoms with van der Waals surface area (Å²) in [5.41, 5.74) is 12.3. The average molecular weight is 296 g/mol. The Hall–Kier alpha value is -2.62. The number of carbonyl (C=O) groups excluding carboxylic acids is 2. The number of primary amides is 2. The molecule has 4 nitrogen and oxygen atoms in total. The first kappa shape index (κ1) is 15.8. The predicted molar refractivity (Wildman–Crippen MR) is 86.0 cm³/mol. The first-order valence-corrected chi connectivity index (χ1v) is 7.13. The van der Waals surface area contributed by atoms with Gasteiger partial charge in [0.2, 0.25) is 11.8 Å². The molecule has 2 amide bonds. The summed E-state index contributed by atoms with van der Waals surface area (Å²) in [5.74, 6) is -1.92. The largest absolute Gasteiger partial charge is 0.369 e. The van der Waals surface area contributed by atoms with Crippen LogP contribution in [-0.4, -0.2) is 11.8 Å². The molecule has 0 aromatic heterocycles. The van der Waals surface area contributed by atoms with Crippen LogP contribution in [0.3, 0.4) is 0 Å². The molecule has 0 aliphatic rings. The molecule has 2 aromatic rings. The highest BCUT2D eigenvalue weighted by Gasteiger charge is 2.48. The fraction of sp³-hybridized carbons (Fsp3) is 0.222. The van der Waals surface area contributed by atoms with Crippen LogP contribution >= 0.6 is 0 Å². The molecule has 0 spiro atoms. The lowest BCUT2D eigenvalue weighted by molar-refractivity contribution is -0.131. The second-order valence-electron chi connectivity index (χ2n) is 5.48. The van der Waals surface area contributed by atoms with Crippen LogP contribution in [0.5, 0.6) is 0 Å². The Morgan fingerprint density at radius 1 is 0.955 bits per heavy atom. The molecule has 0 saturated heterocycles. The molecule has 0 radical (unpaired) electrons. The lowest BCUT2D eigenvalue weighted by atomic mass is 9.64. The first-order valence-electron chi connectivity index (χ1n) is 7.13. The summed E-state index contributed by atoms with van der Waals surface area (Å²) in [7, 11) is 0. The molecule has 0 saturated carbocycles. The number of hydrogen-bond acceptors (Lipinski definition) is 2. The van der Waals surface area contributed by atoms with Gasteiger partial charge in [0, 0.05) is 0 Å². The molecular formula is C18H20N2O2. The second kappa shape index (κ2) is 6.02. The van der Waals surface area contributed by atoms with Gasteiger partial charge in [-0.25, -0.2) is 0 Å². The molecule has 4 heteroatoms. The van der Waals surface area contributed by atoms with Crippen molar-refractivity contribution in [3.05, 3.63) is 71.3 Å². The van der Waals surface area contributed by atoms with Crippen LogP contribution in [0.1, 0.15) is 23.6 Å². The van der Waals surface area contributed by atoms with Gasteiger partial charge in [-0.3, -0.25) is 9.59 Å². The molecule has 0 aliphatic heterocycles. The maximum absolute atomic E-state index is 12.5. The molecule has 2 atom stereocenters. The van der Waals surface area contributed by atoms with Crippen LogP contribution in [0.4, 0.5) is 0 Å². The van der Waals surface area contributed by atoms with Crippen molar-refractivity contribution in [2.45, 2.75) is 19.3 Å². The van der Waals surface area contributed by atoms with E-state index in [4.69, 9.17) is 11.5 Å². The van der Waals surface area contributed by atoms with E-state index in [0.29, 0.717) is 11.1 Å². The zero-order valence-corrected chi connectivity index (χ0v) is 12.7. The fourth-order valence-electron chi connectivity index (χ4n) is 3.06. The maximum atomic E-state index is 12.5. The Morgan fingerprint density at radius 3 is 2.00 bits per heavy atom. The van der Waals surface area contributed by atoms with Crippen LogP contribution < -0.4 is 11.5 Å². The number of hydrogen-bond donors (Lipinski definition) is 2. The van der Waals surface area contributed by atoms with Crippen molar-refractivity contribution in [2.75, 3.05) is 0 Å². The molecule has 0 fully saturated rings. The third kappa shape index (κ3) is 2.37. The van der Waals surface area contributed by atoms with Crippen molar-refractivity contribution in [3.63, 3.8) is 0 Å². The van der Waals surface area contributed by atoms with Gasteiger partial charge in [-0.1, -0.05) is 61.5 Å². The summed E-state index contributed by atoms with van der Waals surface area (Å²) < 4.78 is 0. The van der Waals surface area contributed by atoms with E-state index >= 15 is 0 Å². The average Bonchev–Trinajstić information content (AvgIpc) is 2.50. The van der Waals surface area contributed by atoms with Crippen LogP contribution in [0.15, 0.2) is 54.6 Å². The third-order valence-electron chi connectivity index (χ3n) is 4.26. The van der Waals surface area contributed by atoms with E-state index in [1.54, 1.807) is 19.1 Å². The SMILES string of the molecule is Cc1ccccc1C(C(N)=O)(c1ccccc1)C(C)C(N)=O. The van der Waals surface area contributed by atoms with Crippen molar-refractivity contribution in [1.29, 1.82) is 0 Å². The zero-order valence-electron chi connectivity index (χ0n) is 12.7. The van der Waals surface area contributed by atoms with Crippen molar-refractivity contribution >= 4 is 11.8 Å². The van der Waals surface area contributed by atoms with E-state index in [-0.39, 0.29) is 0 Å². The van der Waals surface area contributed by atoms with Gasteiger partial charge in [0.05, 0.1) is 5.92 Å². The maximum Gasteiger partial charge on any atom is 0.233 e. The highest BCUT2D eigenvalue weighted by molar-refractivity contribution is 5.97. The summed E-state index contributed by atoms with van der Waals surface area (Å²) >= 11 is 0. The minimum atomic E-state index is -1.28. The summed E-state index contributed by atoms with van der Waals surface area (Å²) in [6.07, 6.45) is 0. The van der Waals surface area contributed by atoms with Crippen LogP contribution in [0.25, 0.3) is 0 Å². The van der Waals surface area contributed by atoms with Crippen LogP contribution in [0.2, 0.25) is 0 Å². The molecule has 22 heavy (non-hydrogen) atoms. The fourth-order valence-corrected chi connectivity index (χ4v) is 3.06. The minimum Gasteiger partial charge on any atom is -0.369 e. The van der Waals surface area contributed by atoms with E-state index in [2.05, 4.69) is 0 Å². The zero-order chi connectivity index (χ0) is 16.3. The lowest BCUT2D eigenvalue weighted by Crippen LogP contribution is -2.51. The standard InChI is InChI=1S/C18H20N2O2/c1-12-8-6-7-11-15(12)18(17(20)22,13(2)16(19)21)14-9-4-3-5-10-14/h3-11,13H,1-2H3,(H2,19,21)(H2,20,22). The Bertz CT molecular complexity index is 697. The van der Waals surface area contributed by atoms with Crippen LogP contribution in [0, 0.1) is 12.8 Å². The van der Waals surface area contributed by atoms with Crippen molar-refractivity contribution in [2.24, 2.45) is 17.4 Å². The Kier molecular flexibility index (Phi) is 4.31. The Labute approximate surface area is 130 Å².